The molecule has 0 heterocycles. The van der Waals surface area contributed by atoms with E-state index >= 15 is 0 Å². The number of hydrogen-bond acceptors (Lipinski definition) is 2. The molecular weight excluding hydrogens is 298 g/mol. The zero-order chi connectivity index (χ0) is 16.5. The van der Waals surface area contributed by atoms with Crippen molar-refractivity contribution >= 4 is 12.3 Å². The summed E-state index contributed by atoms with van der Waals surface area (Å²) in [5.41, 5.74) is 7.35. The van der Waals surface area contributed by atoms with Crippen LogP contribution in [0.1, 0.15) is 36.8 Å². The zero-order valence-corrected chi connectivity index (χ0v) is 13.7. The maximum absolute atomic E-state index is 11.9. The Morgan fingerprint density at radius 3 is 2.25 bits per heavy atom. The first-order chi connectivity index (χ1) is 11.7. The Balaban J connectivity index is 1.50. The molecule has 3 nitrogen and oxygen atoms in total. The third kappa shape index (κ3) is 2.78. The van der Waals surface area contributed by atoms with Gasteiger partial charge in [0.1, 0.15) is 6.61 Å². The van der Waals surface area contributed by atoms with Gasteiger partial charge in [0.2, 0.25) is 0 Å². The van der Waals surface area contributed by atoms with E-state index in [-0.39, 0.29) is 5.92 Å². The standard InChI is InChI=1S/C21H19NO2/c1-14(15-10-11-15)12-22-21(23)24-13-20-18-8-4-2-6-16(18)17-7-3-5-9-19(17)20/h2-9,12,20H,10-11,13H2,1H3. The summed E-state index contributed by atoms with van der Waals surface area (Å²) in [5, 5.41) is 0. The fourth-order valence-electron chi connectivity index (χ4n) is 3.33. The lowest BCUT2D eigenvalue weighted by Crippen LogP contribution is -2.10. The van der Waals surface area contributed by atoms with E-state index < -0.39 is 6.09 Å². The van der Waals surface area contributed by atoms with Crippen molar-refractivity contribution in [2.75, 3.05) is 6.61 Å². The number of fused-ring (bicyclic) bond motifs is 3. The van der Waals surface area contributed by atoms with Gasteiger partial charge >= 0.3 is 6.09 Å². The Hall–Kier alpha value is -2.68. The van der Waals surface area contributed by atoms with E-state index in [1.165, 1.54) is 27.8 Å². The Bertz CT molecular complexity index is 812. The van der Waals surface area contributed by atoms with E-state index in [9.17, 15) is 4.79 Å². The number of nitrogens with zero attached hydrogens (tertiary/aromatic N) is 1. The van der Waals surface area contributed by atoms with E-state index in [1.54, 1.807) is 6.21 Å². The van der Waals surface area contributed by atoms with Crippen molar-refractivity contribution in [1.82, 2.24) is 0 Å². The number of ether oxygens (including phenoxy) is 1. The first-order valence-corrected chi connectivity index (χ1v) is 8.31. The molecule has 2 aliphatic carbocycles. The van der Waals surface area contributed by atoms with Crippen LogP contribution in [0.3, 0.4) is 0 Å². The van der Waals surface area contributed by atoms with Crippen LogP contribution in [0.2, 0.25) is 0 Å². The molecule has 2 aliphatic rings. The van der Waals surface area contributed by atoms with Crippen molar-refractivity contribution in [3.8, 4) is 11.1 Å². The minimum Gasteiger partial charge on any atom is -0.447 e. The van der Waals surface area contributed by atoms with Gasteiger partial charge < -0.3 is 4.74 Å². The topological polar surface area (TPSA) is 38.7 Å². The summed E-state index contributed by atoms with van der Waals surface area (Å²) in [6.45, 7) is 2.31. The van der Waals surface area contributed by atoms with E-state index in [2.05, 4.69) is 29.3 Å². The number of carbonyl (C=O) groups excluding carboxylic acids is 1. The van der Waals surface area contributed by atoms with Gasteiger partial charge in [0, 0.05) is 12.1 Å². The minimum absolute atomic E-state index is 0.0828. The van der Waals surface area contributed by atoms with Crippen LogP contribution in [0.15, 0.2) is 64.7 Å². The minimum atomic E-state index is -0.516. The molecule has 0 aliphatic heterocycles. The van der Waals surface area contributed by atoms with Gasteiger partial charge in [-0.25, -0.2) is 4.79 Å². The molecule has 2 aromatic rings. The van der Waals surface area contributed by atoms with Crippen LogP contribution in [0, 0.1) is 0 Å². The second-order valence-corrected chi connectivity index (χ2v) is 6.35. The normalized spacial score (nSPS) is 15.3. The molecule has 1 saturated carbocycles. The maximum Gasteiger partial charge on any atom is 0.433 e. The Morgan fingerprint density at radius 1 is 1.08 bits per heavy atom. The monoisotopic (exact) mass is 317 g/mol. The largest absolute Gasteiger partial charge is 0.447 e. The van der Waals surface area contributed by atoms with Gasteiger partial charge in [-0.15, -0.1) is 0 Å². The van der Waals surface area contributed by atoms with Gasteiger partial charge in [0.25, 0.3) is 0 Å². The van der Waals surface area contributed by atoms with E-state index in [0.717, 1.165) is 18.4 Å². The zero-order valence-electron chi connectivity index (χ0n) is 13.7. The second-order valence-electron chi connectivity index (χ2n) is 6.35. The van der Waals surface area contributed by atoms with Gasteiger partial charge in [-0.2, -0.15) is 4.99 Å². The number of benzene rings is 2. The van der Waals surface area contributed by atoms with Crippen molar-refractivity contribution in [2.24, 2.45) is 4.99 Å². The van der Waals surface area contributed by atoms with Crippen LogP contribution in [0.5, 0.6) is 0 Å². The van der Waals surface area contributed by atoms with Crippen molar-refractivity contribution in [3.63, 3.8) is 0 Å². The van der Waals surface area contributed by atoms with Crippen molar-refractivity contribution < 1.29 is 9.53 Å². The fraction of sp³-hybridized carbons (Fsp3) is 0.238. The summed E-state index contributed by atoms with van der Waals surface area (Å²) in [5.74, 6) is 0.0828. The molecule has 0 saturated heterocycles. The van der Waals surface area contributed by atoms with Crippen LogP contribution < -0.4 is 0 Å². The third-order valence-electron chi connectivity index (χ3n) is 4.76. The molecule has 1 fully saturated rings. The summed E-state index contributed by atoms with van der Waals surface area (Å²) in [7, 11) is 0. The molecule has 0 aromatic heterocycles. The SMILES string of the molecule is CC(C=NC(=O)OCC1c2ccccc2-c2ccccc21)=C1CC1. The first kappa shape index (κ1) is 14.9. The summed E-state index contributed by atoms with van der Waals surface area (Å²) in [6, 6.07) is 16.6. The Kier molecular flexibility index (Phi) is 3.77. The van der Waals surface area contributed by atoms with Crippen LogP contribution in [-0.4, -0.2) is 18.9 Å². The Morgan fingerprint density at radius 2 is 1.67 bits per heavy atom. The highest BCUT2D eigenvalue weighted by molar-refractivity contribution is 5.89. The van der Waals surface area contributed by atoms with Crippen LogP contribution >= 0.6 is 0 Å². The van der Waals surface area contributed by atoms with Crippen LogP contribution in [0.4, 0.5) is 4.79 Å². The second kappa shape index (κ2) is 6.08. The number of carbonyl (C=O) groups is 1. The highest BCUT2D eigenvalue weighted by Crippen LogP contribution is 2.44. The molecule has 0 radical (unpaired) electrons. The molecule has 2 aromatic carbocycles. The molecule has 0 unspecified atom stereocenters. The number of hydrogen-bond donors (Lipinski definition) is 0. The summed E-state index contributed by atoms with van der Waals surface area (Å²) < 4.78 is 5.43. The van der Waals surface area contributed by atoms with E-state index in [1.807, 2.05) is 31.2 Å². The summed E-state index contributed by atoms with van der Waals surface area (Å²) in [4.78, 5) is 15.8. The molecule has 0 atom stereocenters. The lowest BCUT2D eigenvalue weighted by atomic mass is 9.98. The van der Waals surface area contributed by atoms with E-state index in [0.29, 0.717) is 6.61 Å². The molecule has 0 bridgehead atoms. The molecule has 0 spiro atoms. The van der Waals surface area contributed by atoms with Gasteiger partial charge in [-0.3, -0.25) is 0 Å². The lowest BCUT2D eigenvalue weighted by Gasteiger charge is -2.12. The molecule has 0 N–H and O–H groups in total. The van der Waals surface area contributed by atoms with Crippen LogP contribution in [-0.2, 0) is 4.74 Å². The highest BCUT2D eigenvalue weighted by atomic mass is 16.5. The fourth-order valence-corrected chi connectivity index (χ4v) is 3.33. The number of aliphatic imine (C=N–C) groups is 1. The van der Waals surface area contributed by atoms with Crippen molar-refractivity contribution in [1.29, 1.82) is 0 Å². The molecule has 24 heavy (non-hydrogen) atoms. The van der Waals surface area contributed by atoms with E-state index in [4.69, 9.17) is 4.74 Å². The third-order valence-corrected chi connectivity index (χ3v) is 4.76. The smallest absolute Gasteiger partial charge is 0.433 e. The molecule has 120 valence electrons. The van der Waals surface area contributed by atoms with Crippen LogP contribution in [0.25, 0.3) is 11.1 Å². The molecule has 1 amide bonds. The number of amides is 1. The van der Waals surface area contributed by atoms with Gasteiger partial charge in [-0.1, -0.05) is 54.1 Å². The average Bonchev–Trinajstić information content (AvgIpc) is 3.41. The highest BCUT2D eigenvalue weighted by Gasteiger charge is 2.28. The summed E-state index contributed by atoms with van der Waals surface area (Å²) in [6.07, 6.45) is 3.37. The van der Waals surface area contributed by atoms with Crippen molar-refractivity contribution in [3.05, 3.63) is 70.8 Å². The molecular formula is C21H19NO2. The predicted molar refractivity (Wildman–Crippen MR) is 95.5 cm³/mol. The van der Waals surface area contributed by atoms with Gasteiger partial charge in [0.05, 0.1) is 0 Å². The van der Waals surface area contributed by atoms with Gasteiger partial charge in [-0.05, 0) is 47.6 Å². The summed E-state index contributed by atoms with van der Waals surface area (Å²) >= 11 is 0. The first-order valence-electron chi connectivity index (χ1n) is 8.31. The Labute approximate surface area is 141 Å². The average molecular weight is 317 g/mol. The molecule has 3 heteroatoms. The predicted octanol–water partition coefficient (Wildman–Crippen LogP) is 5.12. The lowest BCUT2D eigenvalue weighted by molar-refractivity contribution is 0.154. The number of allylic oxidation sites excluding steroid dienone is 2. The number of rotatable bonds is 3. The van der Waals surface area contributed by atoms with Crippen molar-refractivity contribution in [2.45, 2.75) is 25.7 Å². The molecule has 4 rings (SSSR count). The quantitative estimate of drug-likeness (QED) is 0.737. The maximum atomic E-state index is 11.9. The van der Waals surface area contributed by atoms with Gasteiger partial charge in [0.15, 0.2) is 0 Å².